The third-order valence-corrected chi connectivity index (χ3v) is 14.6. The maximum absolute atomic E-state index is 16.3. The molecule has 2 aromatic carbocycles. The van der Waals surface area contributed by atoms with Crippen LogP contribution in [0, 0.1) is 29.4 Å². The first-order chi connectivity index (χ1) is 27.2. The predicted octanol–water partition coefficient (Wildman–Crippen LogP) is 4.78. The molecule has 1 N–H and O–H groups in total. The number of amides is 2. The highest BCUT2D eigenvalue weighted by Crippen LogP contribution is 2.53. The number of nitrogens with one attached hydrogen (secondary N) is 1. The summed E-state index contributed by atoms with van der Waals surface area (Å²) in [6.07, 6.45) is 4.39. The van der Waals surface area contributed by atoms with Crippen LogP contribution in [-0.2, 0) is 39.1 Å². The van der Waals surface area contributed by atoms with Gasteiger partial charge in [0.15, 0.2) is 15.5 Å². The lowest BCUT2D eigenvalue weighted by atomic mass is 9.57. The molecule has 4 atom stereocenters. The van der Waals surface area contributed by atoms with Gasteiger partial charge in [-0.05, 0) is 98.5 Å². The van der Waals surface area contributed by atoms with E-state index >= 15 is 8.78 Å². The Morgan fingerprint density at radius 1 is 1.03 bits per heavy atom. The number of nitrogens with zero attached hydrogens (tertiary/aromatic N) is 3. The van der Waals surface area contributed by atoms with Crippen molar-refractivity contribution in [1.29, 1.82) is 0 Å². The summed E-state index contributed by atoms with van der Waals surface area (Å²) in [5.74, 6) is -2.11. The summed E-state index contributed by atoms with van der Waals surface area (Å²) < 4.78 is 89.2. The third-order valence-electron chi connectivity index (χ3n) is 12.6. The summed E-state index contributed by atoms with van der Waals surface area (Å²) in [7, 11) is -1.43. The molecule has 2 amide bonds. The number of anilines is 1. The number of piperidine rings is 1. The molecule has 6 rings (SSSR count). The average Bonchev–Trinajstić information content (AvgIpc) is 3.49. The van der Waals surface area contributed by atoms with Gasteiger partial charge < -0.3 is 29.3 Å². The number of hydrogen-bond donors (Lipinski definition) is 1. The molecule has 0 unspecified atom stereocenters. The zero-order valence-electron chi connectivity index (χ0n) is 33.1. The molecule has 1 aliphatic carbocycles. The zero-order valence-corrected chi connectivity index (χ0v) is 34.9. The van der Waals surface area contributed by atoms with Gasteiger partial charge in [0, 0.05) is 38.0 Å². The Hall–Kier alpha value is -3.80. The second-order valence-electron chi connectivity index (χ2n) is 15.9. The lowest BCUT2D eigenvalue weighted by Crippen LogP contribution is -2.65. The predicted molar refractivity (Wildman–Crippen MR) is 217 cm³/mol. The van der Waals surface area contributed by atoms with Crippen LogP contribution in [0.1, 0.15) is 44.1 Å². The van der Waals surface area contributed by atoms with Crippen molar-refractivity contribution >= 4 is 47.0 Å². The second kappa shape index (κ2) is 19.1. The quantitative estimate of drug-likeness (QED) is 0.222. The summed E-state index contributed by atoms with van der Waals surface area (Å²) in [5.41, 5.74) is -1.56. The third kappa shape index (κ3) is 9.63. The first-order valence-electron chi connectivity index (χ1n) is 19.6. The van der Waals surface area contributed by atoms with Gasteiger partial charge >= 0.3 is 12.1 Å². The van der Waals surface area contributed by atoms with E-state index in [1.165, 1.54) is 43.4 Å². The molecule has 58 heavy (non-hydrogen) atoms. The van der Waals surface area contributed by atoms with E-state index in [-0.39, 0.29) is 107 Å². The summed E-state index contributed by atoms with van der Waals surface area (Å²) >= 11 is 0. The molecule has 17 heteroatoms. The molecule has 12 nitrogen and oxygen atoms in total. The number of hydrogen-bond acceptors (Lipinski definition) is 10. The first-order valence-corrected chi connectivity index (χ1v) is 21.1. The van der Waals surface area contributed by atoms with Crippen LogP contribution in [0.5, 0.6) is 0 Å². The van der Waals surface area contributed by atoms with Crippen molar-refractivity contribution in [2.24, 2.45) is 17.8 Å². The van der Waals surface area contributed by atoms with E-state index in [1.807, 2.05) is 11.0 Å². The van der Waals surface area contributed by atoms with Crippen LogP contribution in [0.4, 0.5) is 23.7 Å². The number of alkyl halides is 1. The molecule has 2 aromatic rings. The van der Waals surface area contributed by atoms with Gasteiger partial charge in [0.05, 0.1) is 51.1 Å². The van der Waals surface area contributed by atoms with Crippen LogP contribution in [0.2, 0.25) is 0 Å². The molecule has 3 saturated heterocycles. The minimum absolute atomic E-state index is 0. The fourth-order valence-corrected chi connectivity index (χ4v) is 11.3. The molecule has 320 valence electrons. The normalized spacial score (nSPS) is 23.7. The van der Waals surface area contributed by atoms with E-state index in [2.05, 4.69) is 11.9 Å². The monoisotopic (exact) mass is 852 g/mol. The standard InChI is InChI=1S/C41H53F3N4O8S.H2S/c1-4-37(49)47-17-18-56-23-33(22-47)57(52,53)32-11-12-36(35(43)21-32)48-26-40(44,27-48)25-46-15-13-29(14-16-46)41(24-45-39(51)55-3,30-8-6-9-31(42)20-30)34-10-5-7-28(34)19-38(50)54-2;/h4,6,8-9,11-12,20-21,28-29,33-34H,1,5,7,10,13-19,22-27H2,2-3H3,(H,45,51);1H2/t28-,33+,34+,41+;/m1./s1. The van der Waals surface area contributed by atoms with E-state index in [0.717, 1.165) is 37.0 Å². The van der Waals surface area contributed by atoms with Crippen LogP contribution in [0.25, 0.3) is 0 Å². The van der Waals surface area contributed by atoms with E-state index in [0.29, 0.717) is 25.9 Å². The van der Waals surface area contributed by atoms with E-state index in [4.69, 9.17) is 14.2 Å². The van der Waals surface area contributed by atoms with E-state index in [9.17, 15) is 27.2 Å². The SMILES string of the molecule is C=CC(=O)N1CCOC[C@@H](S(=O)(=O)c2ccc(N3CC(F)(CN4CCC([C@@](CNC(=O)OC)(c5cccc(F)c5)[C@H]5CCC[C@@H]5CC(=O)OC)CC4)C3)c(F)c2)C1.S. The Kier molecular flexibility index (Phi) is 14.9. The van der Waals surface area contributed by atoms with Gasteiger partial charge in [-0.1, -0.05) is 25.1 Å². The van der Waals surface area contributed by atoms with Gasteiger partial charge in [-0.3, -0.25) is 14.5 Å². The fourth-order valence-electron chi connectivity index (χ4n) is 9.78. The lowest BCUT2D eigenvalue weighted by Gasteiger charge is -2.52. The highest BCUT2D eigenvalue weighted by molar-refractivity contribution is 7.92. The first kappa shape index (κ1) is 45.3. The van der Waals surface area contributed by atoms with Gasteiger partial charge in [0.25, 0.3) is 0 Å². The minimum atomic E-state index is -4.07. The molecule has 1 saturated carbocycles. The van der Waals surface area contributed by atoms with Crippen molar-refractivity contribution < 1.29 is 50.2 Å². The molecule has 0 bridgehead atoms. The fraction of sp³-hybridized carbons (Fsp3) is 0.585. The zero-order chi connectivity index (χ0) is 41.0. The highest BCUT2D eigenvalue weighted by atomic mass is 32.2. The molecule has 4 fully saturated rings. The Bertz CT molecular complexity index is 1910. The summed E-state index contributed by atoms with van der Waals surface area (Å²) in [6.45, 7) is 4.75. The van der Waals surface area contributed by atoms with Crippen LogP contribution in [0.3, 0.4) is 0 Å². The molecule has 0 aromatic heterocycles. The van der Waals surface area contributed by atoms with Crippen molar-refractivity contribution in [3.8, 4) is 0 Å². The number of carbonyl (C=O) groups excluding carboxylic acids is 3. The van der Waals surface area contributed by atoms with E-state index in [1.54, 1.807) is 11.0 Å². The molecule has 3 aliphatic heterocycles. The Morgan fingerprint density at radius 3 is 2.43 bits per heavy atom. The van der Waals surface area contributed by atoms with Crippen LogP contribution >= 0.6 is 13.5 Å². The maximum Gasteiger partial charge on any atom is 0.406 e. The largest absolute Gasteiger partial charge is 0.469 e. The number of halogens is 3. The van der Waals surface area contributed by atoms with Gasteiger partial charge in [0.1, 0.15) is 16.9 Å². The number of sulfone groups is 1. The summed E-state index contributed by atoms with van der Waals surface area (Å²) in [5, 5.41) is 1.82. The van der Waals surface area contributed by atoms with Crippen molar-refractivity contribution in [2.45, 2.75) is 59.8 Å². The van der Waals surface area contributed by atoms with Gasteiger partial charge in [-0.25, -0.2) is 26.4 Å². The lowest BCUT2D eigenvalue weighted by molar-refractivity contribution is -0.142. The second-order valence-corrected chi connectivity index (χ2v) is 18.1. The van der Waals surface area contributed by atoms with E-state index < -0.39 is 49.8 Å². The highest BCUT2D eigenvalue weighted by Gasteiger charge is 2.53. The Balaban J connectivity index is 0.00000641. The number of rotatable bonds is 13. The topological polar surface area (TPSA) is 135 Å². The smallest absolute Gasteiger partial charge is 0.406 e. The van der Waals surface area contributed by atoms with Crippen LogP contribution < -0.4 is 10.2 Å². The number of ether oxygens (including phenoxy) is 3. The molecule has 4 aliphatic rings. The molecule has 0 radical (unpaired) electrons. The Labute approximate surface area is 345 Å². The molecular formula is C41H55F3N4O8S2. The van der Waals surface area contributed by atoms with Gasteiger partial charge in [-0.15, -0.1) is 0 Å². The van der Waals surface area contributed by atoms with Crippen LogP contribution in [-0.4, -0.2) is 127 Å². The minimum Gasteiger partial charge on any atom is -0.469 e. The number of carbonyl (C=O) groups is 3. The van der Waals surface area contributed by atoms with Crippen molar-refractivity contribution in [3.05, 3.63) is 72.3 Å². The molecule has 0 spiro atoms. The average molecular weight is 853 g/mol. The Morgan fingerprint density at radius 2 is 1.78 bits per heavy atom. The van der Waals surface area contributed by atoms with Gasteiger partial charge in [0.2, 0.25) is 5.91 Å². The van der Waals surface area contributed by atoms with Gasteiger partial charge in [-0.2, -0.15) is 13.5 Å². The summed E-state index contributed by atoms with van der Waals surface area (Å²) in [4.78, 5) is 42.0. The van der Waals surface area contributed by atoms with Crippen molar-refractivity contribution in [3.63, 3.8) is 0 Å². The van der Waals surface area contributed by atoms with Crippen LogP contribution in [0.15, 0.2) is 60.0 Å². The van der Waals surface area contributed by atoms with Crippen molar-refractivity contribution in [2.75, 3.05) is 84.7 Å². The number of esters is 1. The number of likely N-dealkylation sites (tertiary alicyclic amines) is 1. The molecular weight excluding hydrogens is 798 g/mol. The van der Waals surface area contributed by atoms with Crippen molar-refractivity contribution in [1.82, 2.24) is 15.1 Å². The maximum atomic E-state index is 16.3. The number of methoxy groups -OCH3 is 2. The summed E-state index contributed by atoms with van der Waals surface area (Å²) in [6, 6.07) is 10.0. The number of alkyl carbamates (subject to hydrolysis) is 1. The number of benzene rings is 2. The molecule has 3 heterocycles.